The standard InChI is InChI=1S/C15H14N2O5S/c1-11(18)16(2)13-4-3-5-15(10-13)23(21,22)14-8-6-12(7-9-14)17(19)20/h3-10H,1-2H3. The zero-order chi connectivity index (χ0) is 17.2. The molecule has 0 aromatic heterocycles. The molecule has 0 atom stereocenters. The summed E-state index contributed by atoms with van der Waals surface area (Å²) < 4.78 is 25.2. The molecule has 0 aliphatic carbocycles. The van der Waals surface area contributed by atoms with Gasteiger partial charge in [0.25, 0.3) is 5.69 Å². The van der Waals surface area contributed by atoms with Crippen LogP contribution < -0.4 is 4.90 Å². The first-order valence-corrected chi connectivity index (χ1v) is 8.05. The minimum absolute atomic E-state index is 0.0111. The summed E-state index contributed by atoms with van der Waals surface area (Å²) in [6.07, 6.45) is 0. The van der Waals surface area contributed by atoms with E-state index >= 15 is 0 Å². The van der Waals surface area contributed by atoms with E-state index in [1.54, 1.807) is 13.1 Å². The van der Waals surface area contributed by atoms with Crippen molar-refractivity contribution in [2.45, 2.75) is 16.7 Å². The van der Waals surface area contributed by atoms with Gasteiger partial charge in [-0.2, -0.15) is 0 Å². The van der Waals surface area contributed by atoms with Crippen molar-refractivity contribution in [3.63, 3.8) is 0 Å². The first kappa shape index (κ1) is 16.6. The molecule has 0 aliphatic rings. The van der Waals surface area contributed by atoms with E-state index in [4.69, 9.17) is 0 Å². The van der Waals surface area contributed by atoms with E-state index in [1.807, 2.05) is 0 Å². The summed E-state index contributed by atoms with van der Waals surface area (Å²) in [6.45, 7) is 1.37. The largest absolute Gasteiger partial charge is 0.316 e. The van der Waals surface area contributed by atoms with Crippen molar-refractivity contribution in [3.8, 4) is 0 Å². The van der Waals surface area contributed by atoms with E-state index in [0.29, 0.717) is 5.69 Å². The number of rotatable bonds is 4. The number of non-ortho nitro benzene ring substituents is 1. The van der Waals surface area contributed by atoms with Crippen LogP contribution in [0.15, 0.2) is 58.3 Å². The van der Waals surface area contributed by atoms with Crippen LogP contribution in [0.4, 0.5) is 11.4 Å². The highest BCUT2D eigenvalue weighted by atomic mass is 32.2. The Morgan fingerprint density at radius 2 is 1.70 bits per heavy atom. The summed E-state index contributed by atoms with van der Waals surface area (Å²) >= 11 is 0. The lowest BCUT2D eigenvalue weighted by Gasteiger charge is -2.16. The molecule has 23 heavy (non-hydrogen) atoms. The Hall–Kier alpha value is -2.74. The summed E-state index contributed by atoms with van der Waals surface area (Å²) in [4.78, 5) is 22.7. The van der Waals surface area contributed by atoms with Gasteiger partial charge in [-0.3, -0.25) is 14.9 Å². The highest BCUT2D eigenvalue weighted by Crippen LogP contribution is 2.26. The molecule has 0 aliphatic heterocycles. The van der Waals surface area contributed by atoms with Crippen LogP contribution in [0.2, 0.25) is 0 Å². The monoisotopic (exact) mass is 334 g/mol. The highest BCUT2D eigenvalue weighted by Gasteiger charge is 2.20. The van der Waals surface area contributed by atoms with Gasteiger partial charge in [-0.05, 0) is 30.3 Å². The van der Waals surface area contributed by atoms with E-state index in [-0.39, 0.29) is 21.4 Å². The topological polar surface area (TPSA) is 97.6 Å². The van der Waals surface area contributed by atoms with Gasteiger partial charge in [-0.25, -0.2) is 8.42 Å². The van der Waals surface area contributed by atoms with E-state index < -0.39 is 14.8 Å². The van der Waals surface area contributed by atoms with Gasteiger partial charge in [-0.15, -0.1) is 0 Å². The minimum atomic E-state index is -3.82. The number of amides is 1. The summed E-state index contributed by atoms with van der Waals surface area (Å²) in [5, 5.41) is 10.6. The Bertz CT molecular complexity index is 860. The predicted molar refractivity (Wildman–Crippen MR) is 84.1 cm³/mol. The van der Waals surface area contributed by atoms with Crippen LogP contribution in [0.5, 0.6) is 0 Å². The normalized spacial score (nSPS) is 11.0. The second kappa shape index (κ2) is 6.17. The smallest absolute Gasteiger partial charge is 0.269 e. The minimum Gasteiger partial charge on any atom is -0.316 e. The summed E-state index contributed by atoms with van der Waals surface area (Å²) in [6, 6.07) is 10.6. The molecule has 0 bridgehead atoms. The predicted octanol–water partition coefficient (Wildman–Crippen LogP) is 2.41. The lowest BCUT2D eigenvalue weighted by atomic mass is 10.3. The van der Waals surface area contributed by atoms with Crippen molar-refractivity contribution in [2.24, 2.45) is 0 Å². The van der Waals surface area contributed by atoms with Crippen LogP contribution >= 0.6 is 0 Å². The first-order chi connectivity index (χ1) is 10.7. The van der Waals surface area contributed by atoms with E-state index in [9.17, 15) is 23.3 Å². The number of hydrogen-bond donors (Lipinski definition) is 0. The molecule has 2 aromatic carbocycles. The first-order valence-electron chi connectivity index (χ1n) is 6.57. The number of nitrogens with zero attached hydrogens (tertiary/aromatic N) is 2. The van der Waals surface area contributed by atoms with Crippen LogP contribution in [-0.2, 0) is 14.6 Å². The van der Waals surface area contributed by atoms with E-state index in [2.05, 4.69) is 0 Å². The number of anilines is 1. The number of benzene rings is 2. The maximum atomic E-state index is 12.6. The summed E-state index contributed by atoms with van der Waals surface area (Å²) in [7, 11) is -2.28. The third-order valence-electron chi connectivity index (χ3n) is 3.35. The van der Waals surface area contributed by atoms with Crippen molar-refractivity contribution in [1.82, 2.24) is 0 Å². The SMILES string of the molecule is CC(=O)N(C)c1cccc(S(=O)(=O)c2ccc([N+](=O)[O-])cc2)c1. The fourth-order valence-corrected chi connectivity index (χ4v) is 3.22. The Morgan fingerprint density at radius 3 is 2.22 bits per heavy atom. The fourth-order valence-electron chi connectivity index (χ4n) is 1.92. The van der Waals surface area contributed by atoms with E-state index in [0.717, 1.165) is 12.1 Å². The van der Waals surface area contributed by atoms with Crippen molar-refractivity contribution >= 4 is 27.1 Å². The van der Waals surface area contributed by atoms with Gasteiger partial charge >= 0.3 is 0 Å². The Balaban J connectivity index is 2.45. The number of carbonyl (C=O) groups excluding carboxylic acids is 1. The average Bonchev–Trinajstić information content (AvgIpc) is 2.54. The van der Waals surface area contributed by atoms with Gasteiger partial charge in [0.05, 0.1) is 14.7 Å². The molecule has 7 nitrogen and oxygen atoms in total. The van der Waals surface area contributed by atoms with Gasteiger partial charge < -0.3 is 4.90 Å². The molecule has 0 heterocycles. The maximum absolute atomic E-state index is 12.6. The van der Waals surface area contributed by atoms with E-state index in [1.165, 1.54) is 42.2 Å². The van der Waals surface area contributed by atoms with Crippen molar-refractivity contribution < 1.29 is 18.1 Å². The molecule has 8 heteroatoms. The summed E-state index contributed by atoms with van der Waals surface area (Å²) in [5.41, 5.74) is 0.259. The Labute approximate surface area is 133 Å². The molecule has 120 valence electrons. The summed E-state index contributed by atoms with van der Waals surface area (Å²) in [5.74, 6) is -0.227. The number of nitro benzene ring substituents is 1. The molecule has 0 saturated heterocycles. The van der Waals surface area contributed by atoms with Crippen LogP contribution in [-0.4, -0.2) is 26.3 Å². The molecule has 0 spiro atoms. The van der Waals surface area contributed by atoms with Crippen LogP contribution in [0.1, 0.15) is 6.92 Å². The molecule has 0 unspecified atom stereocenters. The van der Waals surface area contributed by atoms with Gasteiger partial charge in [-0.1, -0.05) is 6.07 Å². The molecule has 0 N–H and O–H groups in total. The second-order valence-electron chi connectivity index (χ2n) is 4.83. The van der Waals surface area contributed by atoms with Gasteiger partial charge in [0.1, 0.15) is 0 Å². The number of nitro groups is 1. The molecule has 0 fully saturated rings. The van der Waals surface area contributed by atoms with Crippen molar-refractivity contribution in [1.29, 1.82) is 0 Å². The van der Waals surface area contributed by atoms with Gasteiger partial charge in [0.15, 0.2) is 0 Å². The zero-order valence-corrected chi connectivity index (χ0v) is 13.3. The van der Waals surface area contributed by atoms with Crippen LogP contribution in [0, 0.1) is 10.1 Å². The molecule has 2 rings (SSSR count). The van der Waals surface area contributed by atoms with Crippen molar-refractivity contribution in [3.05, 3.63) is 58.6 Å². The molecule has 1 amide bonds. The quantitative estimate of drug-likeness (QED) is 0.632. The molecular weight excluding hydrogens is 320 g/mol. The van der Waals surface area contributed by atoms with Crippen molar-refractivity contribution in [2.75, 3.05) is 11.9 Å². The third-order valence-corrected chi connectivity index (χ3v) is 5.11. The average molecular weight is 334 g/mol. The Morgan fingerprint density at radius 1 is 1.09 bits per heavy atom. The zero-order valence-electron chi connectivity index (χ0n) is 12.5. The molecule has 0 radical (unpaired) electrons. The fraction of sp³-hybridized carbons (Fsp3) is 0.133. The van der Waals surface area contributed by atoms with Crippen LogP contribution in [0.25, 0.3) is 0 Å². The lowest BCUT2D eigenvalue weighted by molar-refractivity contribution is -0.384. The number of carbonyl (C=O) groups is 1. The van der Waals surface area contributed by atoms with Gasteiger partial charge in [0, 0.05) is 31.8 Å². The third kappa shape index (κ3) is 3.37. The van der Waals surface area contributed by atoms with Crippen LogP contribution in [0.3, 0.4) is 0 Å². The lowest BCUT2D eigenvalue weighted by Crippen LogP contribution is -2.22. The van der Waals surface area contributed by atoms with Gasteiger partial charge in [0.2, 0.25) is 15.7 Å². The molecule has 0 saturated carbocycles. The molecule has 2 aromatic rings. The maximum Gasteiger partial charge on any atom is 0.269 e. The second-order valence-corrected chi connectivity index (χ2v) is 6.78. The number of hydrogen-bond acceptors (Lipinski definition) is 5. The highest BCUT2D eigenvalue weighted by molar-refractivity contribution is 7.91. The Kier molecular flexibility index (Phi) is 4.46. The molecular formula is C15H14N2O5S. The number of sulfone groups is 1.